The molecule has 0 heterocycles. The average molecular weight is 239 g/mol. The van der Waals surface area contributed by atoms with Crippen LogP contribution in [-0.2, 0) is 15.3 Å². The summed E-state index contributed by atoms with van der Waals surface area (Å²) in [6.45, 7) is 2.49. The molecule has 1 aromatic carbocycles. The Balaban J connectivity index is 3.29. The number of nitrogens with two attached hydrogens (primary N) is 1. The van der Waals surface area contributed by atoms with Crippen LogP contribution >= 0.6 is 0 Å². The molecule has 0 aliphatic heterocycles. The van der Waals surface area contributed by atoms with E-state index in [1.807, 2.05) is 25.1 Å². The molecule has 4 heteroatoms. The molecule has 2 N–H and O–H groups in total. The number of hydrogen-bond acceptors (Lipinski definition) is 4. The summed E-state index contributed by atoms with van der Waals surface area (Å²) < 4.78 is 16.4. The van der Waals surface area contributed by atoms with Gasteiger partial charge in [0.15, 0.2) is 5.79 Å². The largest absolute Gasteiger partial charge is 0.496 e. The van der Waals surface area contributed by atoms with Crippen molar-refractivity contribution in [3.8, 4) is 5.75 Å². The predicted octanol–water partition coefficient (Wildman–Crippen LogP) is 1.80. The zero-order chi connectivity index (χ0) is 12.9. The van der Waals surface area contributed by atoms with Gasteiger partial charge in [0, 0.05) is 20.6 Å². The number of ether oxygens (including phenoxy) is 3. The van der Waals surface area contributed by atoms with E-state index in [4.69, 9.17) is 19.9 Å². The topological polar surface area (TPSA) is 53.7 Å². The molecule has 0 bridgehead atoms. The molecule has 0 unspecified atom stereocenters. The first-order chi connectivity index (χ1) is 8.13. The number of aryl methyl sites for hydroxylation is 1. The fourth-order valence-electron chi connectivity index (χ4n) is 1.95. The molecule has 96 valence electrons. The van der Waals surface area contributed by atoms with E-state index < -0.39 is 5.79 Å². The Morgan fingerprint density at radius 2 is 1.82 bits per heavy atom. The van der Waals surface area contributed by atoms with Crippen molar-refractivity contribution in [2.24, 2.45) is 5.73 Å². The molecule has 0 aromatic heterocycles. The molecule has 0 radical (unpaired) electrons. The van der Waals surface area contributed by atoms with Crippen molar-refractivity contribution in [1.82, 2.24) is 0 Å². The number of benzene rings is 1. The van der Waals surface area contributed by atoms with Gasteiger partial charge >= 0.3 is 0 Å². The first-order valence-electron chi connectivity index (χ1n) is 5.59. The van der Waals surface area contributed by atoms with Gasteiger partial charge in [-0.25, -0.2) is 0 Å². The Kier molecular flexibility index (Phi) is 4.93. The highest BCUT2D eigenvalue weighted by molar-refractivity contribution is 5.40. The van der Waals surface area contributed by atoms with Crippen LogP contribution in [0.2, 0.25) is 0 Å². The Morgan fingerprint density at radius 1 is 1.18 bits per heavy atom. The Bertz CT molecular complexity index is 362. The zero-order valence-corrected chi connectivity index (χ0v) is 10.9. The van der Waals surface area contributed by atoms with Gasteiger partial charge in [0.25, 0.3) is 0 Å². The lowest BCUT2D eigenvalue weighted by atomic mass is 9.99. The number of methoxy groups -OCH3 is 3. The lowest BCUT2D eigenvalue weighted by Gasteiger charge is -2.32. The van der Waals surface area contributed by atoms with Crippen LogP contribution in [0.3, 0.4) is 0 Å². The molecule has 1 rings (SSSR count). The van der Waals surface area contributed by atoms with Gasteiger partial charge in [-0.15, -0.1) is 0 Å². The summed E-state index contributed by atoms with van der Waals surface area (Å²) in [6.07, 6.45) is 0.569. The molecule has 17 heavy (non-hydrogen) atoms. The second-order valence-electron chi connectivity index (χ2n) is 3.90. The van der Waals surface area contributed by atoms with Gasteiger partial charge < -0.3 is 19.9 Å². The third-order valence-corrected chi connectivity index (χ3v) is 2.90. The molecule has 0 atom stereocenters. The average Bonchev–Trinajstić information content (AvgIpc) is 2.36. The molecule has 0 spiro atoms. The van der Waals surface area contributed by atoms with Crippen LogP contribution < -0.4 is 10.5 Å². The van der Waals surface area contributed by atoms with Crippen LogP contribution in [0.4, 0.5) is 0 Å². The molecule has 0 saturated carbocycles. The summed E-state index contributed by atoms with van der Waals surface area (Å²) in [6, 6.07) is 5.90. The molecule has 0 fully saturated rings. The van der Waals surface area contributed by atoms with Crippen molar-refractivity contribution >= 4 is 0 Å². The van der Waals surface area contributed by atoms with E-state index in [9.17, 15) is 0 Å². The third-order valence-electron chi connectivity index (χ3n) is 2.90. The zero-order valence-electron chi connectivity index (χ0n) is 10.9. The summed E-state index contributed by atoms with van der Waals surface area (Å²) in [4.78, 5) is 0. The number of hydrogen-bond donors (Lipinski definition) is 1. The number of rotatable bonds is 6. The van der Waals surface area contributed by atoms with Crippen LogP contribution in [0.15, 0.2) is 18.2 Å². The first kappa shape index (κ1) is 14.0. The summed E-state index contributed by atoms with van der Waals surface area (Å²) in [5, 5.41) is 0. The Hall–Kier alpha value is -1.10. The SMILES string of the molecule is COc1ccc(C)cc1C(CCN)(OC)OC. The van der Waals surface area contributed by atoms with Crippen LogP contribution in [0.5, 0.6) is 5.75 Å². The molecule has 0 amide bonds. The summed E-state index contributed by atoms with van der Waals surface area (Å²) in [7, 11) is 4.86. The maximum absolute atomic E-state index is 5.63. The van der Waals surface area contributed by atoms with E-state index in [1.165, 1.54) is 0 Å². The standard InChI is InChI=1S/C13H21NO3/c1-10-5-6-12(15-2)11(9-10)13(16-3,17-4)7-8-14/h5-6,9H,7-8,14H2,1-4H3. The predicted molar refractivity (Wildman–Crippen MR) is 67.1 cm³/mol. The highest BCUT2D eigenvalue weighted by atomic mass is 16.7. The van der Waals surface area contributed by atoms with Gasteiger partial charge in [-0.2, -0.15) is 0 Å². The van der Waals surface area contributed by atoms with Gasteiger partial charge in [-0.05, 0) is 25.6 Å². The van der Waals surface area contributed by atoms with E-state index in [0.29, 0.717) is 13.0 Å². The lowest BCUT2D eigenvalue weighted by molar-refractivity contribution is -0.219. The van der Waals surface area contributed by atoms with Crippen LogP contribution in [-0.4, -0.2) is 27.9 Å². The summed E-state index contributed by atoms with van der Waals surface area (Å²) in [5.41, 5.74) is 7.62. The van der Waals surface area contributed by atoms with Crippen LogP contribution in [0.1, 0.15) is 17.5 Å². The van der Waals surface area contributed by atoms with Crippen LogP contribution in [0, 0.1) is 6.92 Å². The van der Waals surface area contributed by atoms with Gasteiger partial charge in [0.05, 0.1) is 12.7 Å². The molecule has 0 aliphatic rings. The fourth-order valence-corrected chi connectivity index (χ4v) is 1.95. The molecule has 0 aliphatic carbocycles. The van der Waals surface area contributed by atoms with E-state index in [-0.39, 0.29) is 0 Å². The minimum Gasteiger partial charge on any atom is -0.496 e. The summed E-state index contributed by atoms with van der Waals surface area (Å²) >= 11 is 0. The van der Waals surface area contributed by atoms with E-state index >= 15 is 0 Å². The smallest absolute Gasteiger partial charge is 0.199 e. The minimum atomic E-state index is -0.841. The highest BCUT2D eigenvalue weighted by Gasteiger charge is 2.34. The van der Waals surface area contributed by atoms with Crippen molar-refractivity contribution in [3.63, 3.8) is 0 Å². The van der Waals surface area contributed by atoms with Gasteiger partial charge in [0.2, 0.25) is 0 Å². The summed E-state index contributed by atoms with van der Waals surface area (Å²) in [5.74, 6) is -0.0979. The molecule has 1 aromatic rings. The van der Waals surface area contributed by atoms with Crippen molar-refractivity contribution in [3.05, 3.63) is 29.3 Å². The maximum atomic E-state index is 5.63. The Morgan fingerprint density at radius 3 is 2.29 bits per heavy atom. The van der Waals surface area contributed by atoms with Crippen LogP contribution in [0.25, 0.3) is 0 Å². The van der Waals surface area contributed by atoms with E-state index in [2.05, 4.69) is 0 Å². The van der Waals surface area contributed by atoms with Gasteiger partial charge in [0.1, 0.15) is 5.75 Å². The second-order valence-corrected chi connectivity index (χ2v) is 3.90. The fraction of sp³-hybridized carbons (Fsp3) is 0.538. The minimum absolute atomic E-state index is 0.471. The van der Waals surface area contributed by atoms with Gasteiger partial charge in [-0.1, -0.05) is 11.6 Å². The molecular formula is C13H21NO3. The highest BCUT2D eigenvalue weighted by Crippen LogP contribution is 2.36. The monoisotopic (exact) mass is 239 g/mol. The maximum Gasteiger partial charge on any atom is 0.199 e. The van der Waals surface area contributed by atoms with Gasteiger partial charge in [-0.3, -0.25) is 0 Å². The van der Waals surface area contributed by atoms with Crippen molar-refractivity contribution in [2.45, 2.75) is 19.1 Å². The third kappa shape index (κ3) is 2.77. The molecule has 4 nitrogen and oxygen atoms in total. The lowest BCUT2D eigenvalue weighted by Crippen LogP contribution is -2.34. The molecule has 0 saturated heterocycles. The van der Waals surface area contributed by atoms with Crippen molar-refractivity contribution < 1.29 is 14.2 Å². The quantitative estimate of drug-likeness (QED) is 0.769. The second kappa shape index (κ2) is 6.00. The van der Waals surface area contributed by atoms with Crippen molar-refractivity contribution in [2.75, 3.05) is 27.9 Å². The van der Waals surface area contributed by atoms with Crippen molar-refractivity contribution in [1.29, 1.82) is 0 Å². The first-order valence-corrected chi connectivity index (χ1v) is 5.59. The normalized spacial score (nSPS) is 11.6. The molecular weight excluding hydrogens is 218 g/mol. The van der Waals surface area contributed by atoms with E-state index in [1.54, 1.807) is 21.3 Å². The van der Waals surface area contributed by atoms with E-state index in [0.717, 1.165) is 16.9 Å². The Labute approximate surface area is 103 Å².